The molecule has 1 aromatic carbocycles. The monoisotopic (exact) mass is 569 g/mol. The van der Waals surface area contributed by atoms with Crippen molar-refractivity contribution in [2.75, 3.05) is 56.2 Å². The van der Waals surface area contributed by atoms with E-state index in [1.807, 2.05) is 24.9 Å². The van der Waals surface area contributed by atoms with Crippen LogP contribution in [0.3, 0.4) is 0 Å². The molecule has 32 heavy (non-hydrogen) atoms. The first kappa shape index (κ1) is 25.2. The normalized spacial score (nSPS) is 18.7. The Kier molecular flexibility index (Phi) is 10.5. The van der Waals surface area contributed by atoms with Gasteiger partial charge in [0.25, 0.3) is 0 Å². The number of nitrogens with zero attached hydrogens (tertiary/aromatic N) is 3. The van der Waals surface area contributed by atoms with Crippen LogP contribution in [-0.2, 0) is 6.54 Å². The van der Waals surface area contributed by atoms with Crippen molar-refractivity contribution in [3.05, 3.63) is 54.0 Å². The lowest BCUT2D eigenvalue weighted by atomic mass is 10.1. The summed E-state index contributed by atoms with van der Waals surface area (Å²) >= 11 is 2.04. The van der Waals surface area contributed by atoms with Crippen molar-refractivity contribution in [2.45, 2.75) is 31.8 Å². The molecule has 1 unspecified atom stereocenters. The van der Waals surface area contributed by atoms with Gasteiger partial charge >= 0.3 is 0 Å². The number of rotatable bonds is 7. The van der Waals surface area contributed by atoms with Gasteiger partial charge in [-0.15, -0.1) is 24.0 Å². The second-order valence-corrected chi connectivity index (χ2v) is 9.43. The van der Waals surface area contributed by atoms with Crippen LogP contribution in [0.25, 0.3) is 0 Å². The third kappa shape index (κ3) is 7.05. The lowest BCUT2D eigenvalue weighted by molar-refractivity contribution is 0.146. The number of piperidine rings is 1. The molecule has 2 aliphatic heterocycles. The van der Waals surface area contributed by atoms with Crippen molar-refractivity contribution in [3.8, 4) is 0 Å². The molecule has 0 spiro atoms. The third-order valence-corrected chi connectivity index (χ3v) is 7.10. The summed E-state index contributed by atoms with van der Waals surface area (Å²) in [5, 5.41) is 6.98. The molecule has 3 heterocycles. The zero-order chi connectivity index (χ0) is 21.3. The van der Waals surface area contributed by atoms with E-state index in [1.54, 1.807) is 6.26 Å². The molecular formula is C24H36IN5OS. The third-order valence-electron chi connectivity index (χ3n) is 6.16. The quantitative estimate of drug-likeness (QED) is 0.294. The van der Waals surface area contributed by atoms with E-state index in [4.69, 9.17) is 4.42 Å². The minimum Gasteiger partial charge on any atom is -0.468 e. The molecule has 2 fully saturated rings. The number of thioether (sulfide) groups is 1. The summed E-state index contributed by atoms with van der Waals surface area (Å²) in [6.45, 7) is 6.08. The van der Waals surface area contributed by atoms with E-state index in [2.05, 4.69) is 55.8 Å². The van der Waals surface area contributed by atoms with Gasteiger partial charge in [0.05, 0.1) is 12.3 Å². The van der Waals surface area contributed by atoms with Crippen molar-refractivity contribution in [2.24, 2.45) is 4.99 Å². The molecule has 0 saturated carbocycles. The number of guanidine groups is 1. The first-order chi connectivity index (χ1) is 15.3. The fraction of sp³-hybridized carbons (Fsp3) is 0.542. The number of aliphatic imine (C=N–C) groups is 1. The van der Waals surface area contributed by atoms with E-state index in [1.165, 1.54) is 42.0 Å². The number of benzene rings is 1. The van der Waals surface area contributed by atoms with Gasteiger partial charge < -0.3 is 20.0 Å². The topological polar surface area (TPSA) is 56.0 Å². The molecule has 0 radical (unpaired) electrons. The van der Waals surface area contributed by atoms with Gasteiger partial charge in [-0.1, -0.05) is 18.6 Å². The SMILES string of the molecule is CN=C(NCc1ccc(N2CCSCC2)cc1)NCC(c1ccco1)N1CCCCC1.I. The van der Waals surface area contributed by atoms with Gasteiger partial charge in [-0.05, 0) is 55.8 Å². The molecule has 0 amide bonds. The van der Waals surface area contributed by atoms with Gasteiger partial charge in [-0.2, -0.15) is 11.8 Å². The van der Waals surface area contributed by atoms with Crippen molar-refractivity contribution < 1.29 is 4.42 Å². The highest BCUT2D eigenvalue weighted by Gasteiger charge is 2.24. The lowest BCUT2D eigenvalue weighted by Gasteiger charge is -2.33. The number of furan rings is 1. The van der Waals surface area contributed by atoms with E-state index >= 15 is 0 Å². The number of halogens is 1. The number of nitrogens with one attached hydrogen (secondary N) is 2. The summed E-state index contributed by atoms with van der Waals surface area (Å²) in [4.78, 5) is 9.43. The maximum absolute atomic E-state index is 5.76. The number of hydrogen-bond acceptors (Lipinski definition) is 5. The highest BCUT2D eigenvalue weighted by Crippen LogP contribution is 2.24. The van der Waals surface area contributed by atoms with Gasteiger partial charge in [-0.3, -0.25) is 9.89 Å². The predicted molar refractivity (Wildman–Crippen MR) is 146 cm³/mol. The molecule has 2 saturated heterocycles. The van der Waals surface area contributed by atoms with E-state index in [9.17, 15) is 0 Å². The number of likely N-dealkylation sites (tertiary alicyclic amines) is 1. The van der Waals surface area contributed by atoms with Gasteiger partial charge in [0.1, 0.15) is 5.76 Å². The van der Waals surface area contributed by atoms with Gasteiger partial charge in [-0.25, -0.2) is 0 Å². The fourth-order valence-corrected chi connectivity index (χ4v) is 5.27. The van der Waals surface area contributed by atoms with E-state index in [-0.39, 0.29) is 30.0 Å². The van der Waals surface area contributed by atoms with Crippen LogP contribution >= 0.6 is 35.7 Å². The summed E-state index contributed by atoms with van der Waals surface area (Å²) in [7, 11) is 1.83. The van der Waals surface area contributed by atoms with Crippen molar-refractivity contribution in [3.63, 3.8) is 0 Å². The average Bonchev–Trinajstić information content (AvgIpc) is 3.37. The zero-order valence-electron chi connectivity index (χ0n) is 19.0. The summed E-state index contributed by atoms with van der Waals surface area (Å²) in [6, 6.07) is 13.2. The number of anilines is 1. The Morgan fingerprint density at radius 3 is 2.44 bits per heavy atom. The Hall–Kier alpha value is -1.39. The van der Waals surface area contributed by atoms with Crippen LogP contribution in [0.5, 0.6) is 0 Å². The van der Waals surface area contributed by atoms with Crippen LogP contribution in [0.4, 0.5) is 5.69 Å². The van der Waals surface area contributed by atoms with Crippen molar-refractivity contribution in [1.82, 2.24) is 15.5 Å². The second kappa shape index (κ2) is 13.3. The van der Waals surface area contributed by atoms with Crippen LogP contribution in [0, 0.1) is 0 Å². The second-order valence-electron chi connectivity index (χ2n) is 8.20. The van der Waals surface area contributed by atoms with Gasteiger partial charge in [0.15, 0.2) is 5.96 Å². The average molecular weight is 570 g/mol. The van der Waals surface area contributed by atoms with Crippen LogP contribution in [0.2, 0.25) is 0 Å². The molecule has 0 aliphatic carbocycles. The minimum atomic E-state index is 0. The maximum atomic E-state index is 5.76. The first-order valence-corrected chi connectivity index (χ1v) is 12.6. The predicted octanol–water partition coefficient (Wildman–Crippen LogP) is 4.34. The van der Waals surface area contributed by atoms with Gasteiger partial charge in [0.2, 0.25) is 0 Å². The molecule has 176 valence electrons. The summed E-state index contributed by atoms with van der Waals surface area (Å²) in [5.74, 6) is 4.30. The molecule has 6 nitrogen and oxygen atoms in total. The summed E-state index contributed by atoms with van der Waals surface area (Å²) in [6.07, 6.45) is 5.62. The molecule has 8 heteroatoms. The highest BCUT2D eigenvalue weighted by molar-refractivity contribution is 14.0. The molecule has 1 aromatic heterocycles. The fourth-order valence-electron chi connectivity index (χ4n) is 4.37. The Morgan fingerprint density at radius 2 is 1.78 bits per heavy atom. The molecule has 2 aromatic rings. The van der Waals surface area contributed by atoms with Crippen LogP contribution in [0.1, 0.15) is 36.6 Å². The smallest absolute Gasteiger partial charge is 0.191 e. The van der Waals surface area contributed by atoms with E-state index < -0.39 is 0 Å². The molecule has 0 bridgehead atoms. The Morgan fingerprint density at radius 1 is 1.03 bits per heavy atom. The first-order valence-electron chi connectivity index (χ1n) is 11.5. The Bertz CT molecular complexity index is 802. The molecule has 2 N–H and O–H groups in total. The minimum absolute atomic E-state index is 0. The largest absolute Gasteiger partial charge is 0.468 e. The van der Waals surface area contributed by atoms with Gasteiger partial charge in [0, 0.05) is 50.4 Å². The maximum Gasteiger partial charge on any atom is 0.191 e. The van der Waals surface area contributed by atoms with Crippen LogP contribution in [-0.4, -0.2) is 62.1 Å². The van der Waals surface area contributed by atoms with Crippen LogP contribution < -0.4 is 15.5 Å². The molecule has 4 rings (SSSR count). The Balaban J connectivity index is 0.00000289. The van der Waals surface area contributed by atoms with Crippen molar-refractivity contribution in [1.29, 1.82) is 0 Å². The summed E-state index contributed by atoms with van der Waals surface area (Å²) in [5.41, 5.74) is 2.59. The van der Waals surface area contributed by atoms with E-state index in [0.717, 1.165) is 51.0 Å². The summed E-state index contributed by atoms with van der Waals surface area (Å²) < 4.78 is 5.76. The molecule has 2 aliphatic rings. The zero-order valence-corrected chi connectivity index (χ0v) is 22.1. The standard InChI is InChI=1S/C24H35N5OS.HI/c1-25-24(26-18-20-7-9-21(10-8-20)28-13-16-31-17-14-28)27-19-22(23-6-5-15-30-23)29-11-3-2-4-12-29;/h5-10,15,22H,2-4,11-14,16-19H2,1H3,(H2,25,26,27);1H. The lowest BCUT2D eigenvalue weighted by Crippen LogP contribution is -2.44. The Labute approximate surface area is 213 Å². The number of hydrogen-bond donors (Lipinski definition) is 2. The molecule has 1 atom stereocenters. The molecular weight excluding hydrogens is 533 g/mol. The van der Waals surface area contributed by atoms with E-state index in [0.29, 0.717) is 0 Å². The van der Waals surface area contributed by atoms with Crippen molar-refractivity contribution >= 4 is 47.4 Å². The highest BCUT2D eigenvalue weighted by atomic mass is 127. The van der Waals surface area contributed by atoms with Crippen LogP contribution in [0.15, 0.2) is 52.1 Å².